The lowest BCUT2D eigenvalue weighted by Gasteiger charge is -2.37. The molecule has 1 rings (SSSR count). The summed E-state index contributed by atoms with van der Waals surface area (Å²) < 4.78 is 0. The molecular weight excluding hydrogens is 164 g/mol. The molecule has 0 aliphatic carbocycles. The molecule has 1 fully saturated rings. The minimum Gasteiger partial charge on any atom is -0.392 e. The molecule has 0 bridgehead atoms. The average molecular weight is 185 g/mol. The Labute approximate surface area is 81.3 Å². The molecule has 13 heavy (non-hydrogen) atoms. The van der Waals surface area contributed by atoms with Gasteiger partial charge in [0.2, 0.25) is 0 Å². The second-order valence-corrected chi connectivity index (χ2v) is 4.08. The predicted molar refractivity (Wildman–Crippen MR) is 54.5 cm³/mol. The fourth-order valence-corrected chi connectivity index (χ4v) is 1.76. The van der Waals surface area contributed by atoms with Gasteiger partial charge in [-0.2, -0.15) is 0 Å². The van der Waals surface area contributed by atoms with Gasteiger partial charge in [-0.15, -0.1) is 0 Å². The zero-order valence-corrected chi connectivity index (χ0v) is 8.74. The van der Waals surface area contributed by atoms with E-state index in [0.717, 1.165) is 26.2 Å². The highest BCUT2D eigenvalue weighted by atomic mass is 16.3. The molecule has 0 saturated carbocycles. The number of aliphatic hydroxyl groups is 1. The number of β-amino-alcohol motifs (C(OH)–C–C–N with tert-alkyl or cyclic N) is 1. The van der Waals surface area contributed by atoms with E-state index in [1.807, 2.05) is 0 Å². The summed E-state index contributed by atoms with van der Waals surface area (Å²) in [6.45, 7) is 13.1. The molecule has 1 saturated heterocycles. The Morgan fingerprint density at radius 1 is 1.23 bits per heavy atom. The largest absolute Gasteiger partial charge is 0.392 e. The number of hydrogen-bond donors (Lipinski definition) is 1. The van der Waals surface area contributed by atoms with Crippen molar-refractivity contribution in [3.8, 4) is 0 Å². The summed E-state index contributed by atoms with van der Waals surface area (Å²) in [5.74, 6) is 0. The van der Waals surface area contributed by atoms with E-state index < -0.39 is 6.10 Å². The lowest BCUT2D eigenvalue weighted by atomic mass is 10.2. The average Bonchev–Trinajstić information content (AvgIpc) is 2.04. The molecule has 0 spiro atoms. The third-order valence-electron chi connectivity index (χ3n) is 2.61. The molecule has 1 aliphatic heterocycles. The second kappa shape index (κ2) is 4.94. The Hall–Kier alpha value is -0.120. The van der Waals surface area contributed by atoms with Crippen LogP contribution < -0.4 is 0 Å². The van der Waals surface area contributed by atoms with Crippen molar-refractivity contribution in [1.82, 2.24) is 9.80 Å². The van der Waals surface area contributed by atoms with E-state index in [-0.39, 0.29) is 0 Å². The highest BCUT2D eigenvalue weighted by Gasteiger charge is 2.18. The van der Waals surface area contributed by atoms with Gasteiger partial charge >= 0.3 is 0 Å². The highest BCUT2D eigenvalue weighted by molar-refractivity contribution is 4.76. The molecule has 1 aliphatic rings. The van der Waals surface area contributed by atoms with E-state index in [1.165, 1.54) is 0 Å². The van der Waals surface area contributed by atoms with Gasteiger partial charge in [0.25, 0.3) is 0 Å². The van der Waals surface area contributed by atoms with Crippen LogP contribution in [0, 0.1) is 6.92 Å². The van der Waals surface area contributed by atoms with Crippen LogP contribution in [0.15, 0.2) is 0 Å². The second-order valence-electron chi connectivity index (χ2n) is 4.08. The number of piperazine rings is 1. The minimum absolute atomic E-state index is 0.439. The van der Waals surface area contributed by atoms with E-state index >= 15 is 0 Å². The van der Waals surface area contributed by atoms with Gasteiger partial charge in [-0.25, -0.2) is 0 Å². The molecule has 1 unspecified atom stereocenters. The van der Waals surface area contributed by atoms with Crippen molar-refractivity contribution in [2.75, 3.05) is 32.7 Å². The maximum absolute atomic E-state index is 9.11. The van der Waals surface area contributed by atoms with Crippen LogP contribution in [0.2, 0.25) is 0 Å². The topological polar surface area (TPSA) is 26.7 Å². The smallest absolute Gasteiger partial charge is 0.0668 e. The van der Waals surface area contributed by atoms with Gasteiger partial charge in [0, 0.05) is 38.8 Å². The molecule has 1 heterocycles. The first-order chi connectivity index (χ1) is 6.09. The van der Waals surface area contributed by atoms with E-state index in [9.17, 15) is 0 Å². The highest BCUT2D eigenvalue weighted by Crippen LogP contribution is 2.05. The summed E-state index contributed by atoms with van der Waals surface area (Å²) in [6.07, 6.45) is -0.439. The van der Waals surface area contributed by atoms with Crippen molar-refractivity contribution in [2.45, 2.75) is 26.0 Å². The van der Waals surface area contributed by atoms with Crippen LogP contribution >= 0.6 is 0 Å². The maximum Gasteiger partial charge on any atom is 0.0668 e. The zero-order chi connectivity index (χ0) is 9.84. The first-order valence-electron chi connectivity index (χ1n) is 5.07. The summed E-state index contributed by atoms with van der Waals surface area (Å²) in [7, 11) is 0. The predicted octanol–water partition coefficient (Wildman–Crippen LogP) is 0.207. The lowest BCUT2D eigenvalue weighted by Crippen LogP contribution is -2.50. The number of aliphatic hydroxyl groups excluding tert-OH is 1. The van der Waals surface area contributed by atoms with Gasteiger partial charge in [0.15, 0.2) is 0 Å². The fourth-order valence-electron chi connectivity index (χ4n) is 1.76. The molecule has 0 aromatic heterocycles. The number of rotatable bonds is 3. The molecule has 3 heteroatoms. The summed E-state index contributed by atoms with van der Waals surface area (Å²) >= 11 is 0. The lowest BCUT2D eigenvalue weighted by molar-refractivity contribution is 0.0767. The van der Waals surface area contributed by atoms with Gasteiger partial charge in [-0.05, 0) is 20.8 Å². The first-order valence-corrected chi connectivity index (χ1v) is 5.07. The van der Waals surface area contributed by atoms with E-state index in [0.29, 0.717) is 12.6 Å². The molecule has 0 aromatic rings. The SMILES string of the molecule is [CH2]C(O)CN1CCN(C(C)C)CC1. The van der Waals surface area contributed by atoms with Gasteiger partial charge < -0.3 is 5.11 Å². The van der Waals surface area contributed by atoms with E-state index in [2.05, 4.69) is 30.6 Å². The molecular formula is C10H21N2O. The quantitative estimate of drug-likeness (QED) is 0.681. The summed E-state index contributed by atoms with van der Waals surface area (Å²) in [4.78, 5) is 4.74. The van der Waals surface area contributed by atoms with E-state index in [4.69, 9.17) is 5.11 Å². The maximum atomic E-state index is 9.11. The number of hydrogen-bond acceptors (Lipinski definition) is 3. The van der Waals surface area contributed by atoms with Crippen LogP contribution in [-0.2, 0) is 0 Å². The Morgan fingerprint density at radius 3 is 2.15 bits per heavy atom. The molecule has 0 aromatic carbocycles. The summed E-state index contributed by atoms with van der Waals surface area (Å²) in [5, 5.41) is 9.11. The summed E-state index contributed by atoms with van der Waals surface area (Å²) in [6, 6.07) is 0.645. The monoisotopic (exact) mass is 185 g/mol. The van der Waals surface area contributed by atoms with Gasteiger partial charge in [0.05, 0.1) is 6.10 Å². The molecule has 0 amide bonds. The standard InChI is InChI=1S/C10H21N2O/c1-9(2)12-6-4-11(5-7-12)8-10(3)13/h9-10,13H,3-8H2,1-2H3. The number of nitrogens with zero attached hydrogens (tertiary/aromatic N) is 2. The van der Waals surface area contributed by atoms with Gasteiger partial charge in [0.1, 0.15) is 0 Å². The zero-order valence-electron chi connectivity index (χ0n) is 8.74. The van der Waals surface area contributed by atoms with E-state index in [1.54, 1.807) is 0 Å². The van der Waals surface area contributed by atoms with Crippen LogP contribution in [0.5, 0.6) is 0 Å². The molecule has 1 N–H and O–H groups in total. The van der Waals surface area contributed by atoms with Crippen molar-refractivity contribution in [3.05, 3.63) is 6.92 Å². The van der Waals surface area contributed by atoms with Crippen molar-refractivity contribution in [2.24, 2.45) is 0 Å². The van der Waals surface area contributed by atoms with Gasteiger partial charge in [-0.3, -0.25) is 9.80 Å². The molecule has 3 nitrogen and oxygen atoms in total. The van der Waals surface area contributed by atoms with Gasteiger partial charge in [-0.1, -0.05) is 0 Å². The van der Waals surface area contributed by atoms with Crippen LogP contribution in [0.3, 0.4) is 0 Å². The van der Waals surface area contributed by atoms with Crippen LogP contribution in [-0.4, -0.2) is 59.8 Å². The van der Waals surface area contributed by atoms with Crippen molar-refractivity contribution in [1.29, 1.82) is 0 Å². The Bertz CT molecular complexity index is 140. The first kappa shape index (κ1) is 11.0. The van der Waals surface area contributed by atoms with Crippen LogP contribution in [0.25, 0.3) is 0 Å². The van der Waals surface area contributed by atoms with Crippen molar-refractivity contribution < 1.29 is 5.11 Å². The minimum atomic E-state index is -0.439. The van der Waals surface area contributed by atoms with Crippen LogP contribution in [0.4, 0.5) is 0 Å². The fraction of sp³-hybridized carbons (Fsp3) is 0.900. The Kier molecular flexibility index (Phi) is 4.16. The van der Waals surface area contributed by atoms with Crippen molar-refractivity contribution in [3.63, 3.8) is 0 Å². The van der Waals surface area contributed by atoms with Crippen LogP contribution in [0.1, 0.15) is 13.8 Å². The molecule has 1 atom stereocenters. The molecule has 1 radical (unpaired) electrons. The Morgan fingerprint density at radius 2 is 1.77 bits per heavy atom. The molecule has 77 valence electrons. The summed E-state index contributed by atoms with van der Waals surface area (Å²) in [5.41, 5.74) is 0. The Balaban J connectivity index is 2.22. The third kappa shape index (κ3) is 3.63. The van der Waals surface area contributed by atoms with Crippen molar-refractivity contribution >= 4 is 0 Å². The normalized spacial score (nSPS) is 23.8. The third-order valence-corrected chi connectivity index (χ3v) is 2.61.